The molecule has 12 heteroatoms. The highest BCUT2D eigenvalue weighted by Crippen LogP contribution is 2.31. The van der Waals surface area contributed by atoms with Gasteiger partial charge >= 0.3 is 5.97 Å². The van der Waals surface area contributed by atoms with Crippen LogP contribution >= 0.6 is 11.8 Å². The number of sulfonamides is 1. The number of amidine groups is 1. The van der Waals surface area contributed by atoms with Gasteiger partial charge in [-0.1, -0.05) is 23.9 Å². The summed E-state index contributed by atoms with van der Waals surface area (Å²) >= 11 is 0.956. The average molecular weight is 357 g/mol. The Kier molecular flexibility index (Phi) is 3.87. The predicted octanol–water partition coefficient (Wildman–Crippen LogP) is -0.798. The molecular weight excluding hydrogens is 346 g/mol. The van der Waals surface area contributed by atoms with Crippen LogP contribution in [0.15, 0.2) is 34.3 Å². The lowest BCUT2D eigenvalue weighted by molar-refractivity contribution is -0.139. The van der Waals surface area contributed by atoms with E-state index >= 15 is 0 Å². The number of rotatable bonds is 4. The van der Waals surface area contributed by atoms with Crippen molar-refractivity contribution in [2.45, 2.75) is 4.90 Å². The third-order valence-electron chi connectivity index (χ3n) is 3.03. The van der Waals surface area contributed by atoms with Crippen LogP contribution in [0.1, 0.15) is 10.4 Å². The maximum Gasteiger partial charge on any atom is 0.321 e. The van der Waals surface area contributed by atoms with Crippen LogP contribution in [0.5, 0.6) is 0 Å². The maximum atomic E-state index is 12.3. The Hall–Kier alpha value is -2.31. The third-order valence-corrected chi connectivity index (χ3v) is 5.82. The number of fused-ring (bicyclic) bond motifs is 1. The second-order valence-electron chi connectivity index (χ2n) is 4.54. The van der Waals surface area contributed by atoms with Crippen molar-refractivity contribution < 1.29 is 23.1 Å². The molecule has 3 N–H and O–H groups in total. The van der Waals surface area contributed by atoms with Gasteiger partial charge in [0.1, 0.15) is 11.4 Å². The van der Waals surface area contributed by atoms with Crippen molar-refractivity contribution in [1.82, 2.24) is 20.4 Å². The van der Waals surface area contributed by atoms with Crippen molar-refractivity contribution in [3.8, 4) is 0 Å². The molecule has 0 bridgehead atoms. The number of hydrogen-bond donors (Lipinski definition) is 3. The number of hydrogen-bond acceptors (Lipinski definition) is 9. The third kappa shape index (κ3) is 2.83. The minimum absolute atomic E-state index is 0.0162. The molecule has 0 saturated carbocycles. The highest BCUT2D eigenvalue weighted by molar-refractivity contribution is 8.14. The SMILES string of the molecule is O=C(O)CN1NN=C(SCN2C(=O)c3ccccc3S2(=O)=O)N1. The largest absolute Gasteiger partial charge is 0.480 e. The molecule has 3 rings (SSSR count). The van der Waals surface area contributed by atoms with Gasteiger partial charge in [0.2, 0.25) is 0 Å². The summed E-state index contributed by atoms with van der Waals surface area (Å²) in [7, 11) is -3.87. The lowest BCUT2D eigenvalue weighted by Gasteiger charge is -2.15. The van der Waals surface area contributed by atoms with Crippen LogP contribution in [0.25, 0.3) is 0 Å². The normalized spacial score (nSPS) is 19.0. The first kappa shape index (κ1) is 15.6. The Bertz CT molecular complexity index is 809. The number of carbonyl (C=O) groups is 2. The summed E-state index contributed by atoms with van der Waals surface area (Å²) in [5.41, 5.74) is 5.19. The average Bonchev–Trinajstić information content (AvgIpc) is 3.00. The number of benzene rings is 1. The molecule has 0 aromatic heterocycles. The molecule has 10 nitrogen and oxygen atoms in total. The van der Waals surface area contributed by atoms with Gasteiger partial charge in [-0.3, -0.25) is 15.0 Å². The van der Waals surface area contributed by atoms with Crippen LogP contribution in [0, 0.1) is 0 Å². The topological polar surface area (TPSA) is 131 Å². The van der Waals surface area contributed by atoms with Crippen LogP contribution in [0.4, 0.5) is 0 Å². The number of hydrazine groups is 2. The zero-order valence-electron chi connectivity index (χ0n) is 11.5. The predicted molar refractivity (Wildman–Crippen MR) is 80.3 cm³/mol. The number of carbonyl (C=O) groups excluding carboxylic acids is 1. The molecule has 0 spiro atoms. The summed E-state index contributed by atoms with van der Waals surface area (Å²) < 4.78 is 25.4. The Balaban J connectivity index is 1.67. The van der Waals surface area contributed by atoms with Crippen molar-refractivity contribution in [1.29, 1.82) is 0 Å². The minimum atomic E-state index is -3.87. The summed E-state index contributed by atoms with van der Waals surface area (Å²) in [4.78, 5) is 22.8. The molecule has 1 aromatic carbocycles. The maximum absolute atomic E-state index is 12.3. The molecule has 122 valence electrons. The summed E-state index contributed by atoms with van der Waals surface area (Å²) in [6.45, 7) is -0.347. The standard InChI is InChI=1S/C11H11N5O5S2/c17-9(18)5-16-13-11(12-14-16)22-6-15-10(19)7-3-1-2-4-8(7)23(15,20)21/h1-4,14H,5-6H2,(H,12,13)(H,17,18). The first-order valence-electron chi connectivity index (χ1n) is 6.28. The van der Waals surface area contributed by atoms with Gasteiger partial charge < -0.3 is 5.11 Å². The van der Waals surface area contributed by atoms with Gasteiger partial charge in [0.25, 0.3) is 15.9 Å². The molecule has 2 heterocycles. The molecule has 1 amide bonds. The lowest BCUT2D eigenvalue weighted by Crippen LogP contribution is -2.44. The molecule has 0 saturated heterocycles. The van der Waals surface area contributed by atoms with Crippen molar-refractivity contribution in [3.05, 3.63) is 29.8 Å². The fraction of sp³-hybridized carbons (Fsp3) is 0.182. The second kappa shape index (κ2) is 5.72. The molecule has 0 aliphatic carbocycles. The van der Waals surface area contributed by atoms with Crippen LogP contribution < -0.4 is 11.0 Å². The van der Waals surface area contributed by atoms with E-state index in [4.69, 9.17) is 5.11 Å². The van der Waals surface area contributed by atoms with E-state index in [9.17, 15) is 18.0 Å². The lowest BCUT2D eigenvalue weighted by atomic mass is 10.2. The van der Waals surface area contributed by atoms with Gasteiger partial charge in [0, 0.05) is 0 Å². The van der Waals surface area contributed by atoms with E-state index in [1.807, 2.05) is 0 Å². The Morgan fingerprint density at radius 1 is 1.35 bits per heavy atom. The minimum Gasteiger partial charge on any atom is -0.480 e. The monoisotopic (exact) mass is 357 g/mol. The number of carboxylic acid groups (broad SMARTS) is 1. The fourth-order valence-corrected chi connectivity index (χ4v) is 4.61. The first-order valence-corrected chi connectivity index (χ1v) is 8.70. The number of thioether (sulfide) groups is 1. The van der Waals surface area contributed by atoms with E-state index in [1.54, 1.807) is 12.1 Å². The second-order valence-corrected chi connectivity index (χ2v) is 7.30. The Labute approximate surface area is 135 Å². The van der Waals surface area contributed by atoms with Crippen molar-refractivity contribution in [3.63, 3.8) is 0 Å². The molecule has 0 fully saturated rings. The van der Waals surface area contributed by atoms with Gasteiger partial charge in [0.15, 0.2) is 5.17 Å². The number of aliphatic carboxylic acids is 1. The van der Waals surface area contributed by atoms with Gasteiger partial charge in [-0.15, -0.1) is 10.2 Å². The zero-order chi connectivity index (χ0) is 16.6. The zero-order valence-corrected chi connectivity index (χ0v) is 13.1. The molecular formula is C11H11N5O5S2. The Morgan fingerprint density at radius 2 is 2.09 bits per heavy atom. The van der Waals surface area contributed by atoms with Crippen molar-refractivity contribution in [2.75, 3.05) is 12.4 Å². The van der Waals surface area contributed by atoms with E-state index in [0.717, 1.165) is 21.2 Å². The van der Waals surface area contributed by atoms with E-state index in [1.165, 1.54) is 12.1 Å². The molecule has 0 unspecified atom stereocenters. The number of nitrogens with one attached hydrogen (secondary N) is 2. The van der Waals surface area contributed by atoms with E-state index in [2.05, 4.69) is 16.1 Å². The summed E-state index contributed by atoms with van der Waals surface area (Å²) in [5, 5.41) is 13.8. The number of nitrogens with zero attached hydrogens (tertiary/aromatic N) is 3. The van der Waals surface area contributed by atoms with Crippen molar-refractivity contribution >= 4 is 38.8 Å². The highest BCUT2D eigenvalue weighted by atomic mass is 32.2. The fourth-order valence-electron chi connectivity index (χ4n) is 2.02. The number of carboxylic acids is 1. The van der Waals surface area contributed by atoms with Gasteiger partial charge in [-0.2, -0.15) is 0 Å². The summed E-state index contributed by atoms with van der Waals surface area (Å²) in [5.74, 6) is -1.84. The van der Waals surface area contributed by atoms with Gasteiger partial charge in [0.05, 0.1) is 11.4 Å². The van der Waals surface area contributed by atoms with E-state index < -0.39 is 21.9 Å². The molecule has 0 atom stereocenters. The van der Waals surface area contributed by atoms with Gasteiger partial charge in [-0.05, 0) is 12.1 Å². The van der Waals surface area contributed by atoms with Crippen LogP contribution in [-0.4, -0.2) is 52.4 Å². The van der Waals surface area contributed by atoms with Gasteiger partial charge in [-0.25, -0.2) is 18.3 Å². The molecule has 2 aliphatic rings. The smallest absolute Gasteiger partial charge is 0.321 e. The van der Waals surface area contributed by atoms with E-state index in [-0.39, 0.29) is 28.0 Å². The highest BCUT2D eigenvalue weighted by Gasteiger charge is 2.41. The van der Waals surface area contributed by atoms with Crippen molar-refractivity contribution in [2.24, 2.45) is 5.10 Å². The summed E-state index contributed by atoms with van der Waals surface area (Å²) in [6.07, 6.45) is 0. The van der Waals surface area contributed by atoms with Crippen LogP contribution in [0.2, 0.25) is 0 Å². The molecule has 0 radical (unpaired) electrons. The van der Waals surface area contributed by atoms with Crippen LogP contribution in [0.3, 0.4) is 0 Å². The summed E-state index contributed by atoms with van der Waals surface area (Å²) in [6, 6.07) is 5.99. The Morgan fingerprint density at radius 3 is 2.78 bits per heavy atom. The number of hydrazone groups is 1. The van der Waals surface area contributed by atoms with E-state index in [0.29, 0.717) is 0 Å². The molecule has 23 heavy (non-hydrogen) atoms. The number of amides is 1. The molecule has 2 aliphatic heterocycles. The quantitative estimate of drug-likeness (QED) is 0.634. The van der Waals surface area contributed by atoms with Crippen LogP contribution in [-0.2, 0) is 14.8 Å². The molecule has 1 aromatic rings. The first-order chi connectivity index (χ1) is 10.9.